The highest BCUT2D eigenvalue weighted by molar-refractivity contribution is 5.68. The Kier molecular flexibility index (Phi) is 8.86. The summed E-state index contributed by atoms with van der Waals surface area (Å²) in [5.74, 6) is -0.781. The van der Waals surface area contributed by atoms with Crippen LogP contribution in [0.4, 0.5) is 0 Å². The maximum absolute atomic E-state index is 10.1. The Morgan fingerprint density at radius 3 is 2.00 bits per heavy atom. The predicted molar refractivity (Wildman–Crippen MR) is 59.2 cm³/mol. The summed E-state index contributed by atoms with van der Waals surface area (Å²) in [6, 6.07) is 0. The molecule has 0 saturated carbocycles. The molecule has 14 heavy (non-hydrogen) atoms. The van der Waals surface area contributed by atoms with Crippen molar-refractivity contribution in [3.05, 3.63) is 36.5 Å². The fourth-order valence-electron chi connectivity index (χ4n) is 0.893. The highest BCUT2D eigenvalue weighted by Crippen LogP contribution is 1.93. The van der Waals surface area contributed by atoms with Gasteiger partial charge < -0.3 is 5.11 Å². The van der Waals surface area contributed by atoms with Crippen LogP contribution in [0.3, 0.4) is 0 Å². The van der Waals surface area contributed by atoms with Crippen LogP contribution < -0.4 is 0 Å². The van der Waals surface area contributed by atoms with E-state index < -0.39 is 5.97 Å². The number of allylic oxidation sites excluding steroid dienone is 5. The first-order valence-corrected chi connectivity index (χ1v) is 4.94. The number of carboxylic acids is 1. The maximum atomic E-state index is 10.1. The van der Waals surface area contributed by atoms with Gasteiger partial charge in [-0.05, 0) is 19.3 Å². The standard InChI is InChI=1S/C12H18O2/c1-2-3-4-5-6-7-8-9-10-11-12(13)14/h3-4,6-7,9-10H,2,5,8,11H2,1H3,(H,13,14)/b4-3+,7-6+,10-9+. The quantitative estimate of drug-likeness (QED) is 0.631. The molecule has 0 aromatic carbocycles. The molecule has 0 aliphatic carbocycles. The number of aliphatic carboxylic acids is 1. The van der Waals surface area contributed by atoms with Gasteiger partial charge in [0.2, 0.25) is 0 Å². The van der Waals surface area contributed by atoms with Gasteiger partial charge in [-0.1, -0.05) is 43.4 Å². The summed E-state index contributed by atoms with van der Waals surface area (Å²) < 4.78 is 0. The predicted octanol–water partition coefficient (Wildman–Crippen LogP) is 3.32. The van der Waals surface area contributed by atoms with Crippen LogP contribution in [0, 0.1) is 0 Å². The third-order valence-electron chi connectivity index (χ3n) is 1.57. The average molecular weight is 194 g/mol. The highest BCUT2D eigenvalue weighted by atomic mass is 16.4. The van der Waals surface area contributed by atoms with Gasteiger partial charge in [-0.3, -0.25) is 4.79 Å². The lowest BCUT2D eigenvalue weighted by Gasteiger charge is -1.84. The fraction of sp³-hybridized carbons (Fsp3) is 0.417. The lowest BCUT2D eigenvalue weighted by atomic mass is 10.2. The normalized spacial score (nSPS) is 12.1. The zero-order valence-electron chi connectivity index (χ0n) is 8.65. The molecule has 0 aliphatic rings. The van der Waals surface area contributed by atoms with Crippen LogP contribution in [-0.4, -0.2) is 11.1 Å². The van der Waals surface area contributed by atoms with E-state index in [2.05, 4.69) is 25.2 Å². The molecule has 0 aromatic heterocycles. The van der Waals surface area contributed by atoms with Crippen LogP contribution >= 0.6 is 0 Å². The van der Waals surface area contributed by atoms with Gasteiger partial charge >= 0.3 is 5.97 Å². The van der Waals surface area contributed by atoms with Crippen molar-refractivity contribution in [1.29, 1.82) is 0 Å². The molecule has 0 bridgehead atoms. The van der Waals surface area contributed by atoms with Crippen molar-refractivity contribution < 1.29 is 9.90 Å². The largest absolute Gasteiger partial charge is 0.481 e. The molecule has 0 unspecified atom stereocenters. The second-order valence-electron chi connectivity index (χ2n) is 2.89. The minimum absolute atomic E-state index is 0.115. The fourth-order valence-corrected chi connectivity index (χ4v) is 0.893. The summed E-state index contributed by atoms with van der Waals surface area (Å²) in [6.07, 6.45) is 14.9. The molecule has 2 nitrogen and oxygen atoms in total. The van der Waals surface area contributed by atoms with Crippen molar-refractivity contribution in [2.75, 3.05) is 0 Å². The Hall–Kier alpha value is -1.31. The topological polar surface area (TPSA) is 37.3 Å². The molecule has 0 radical (unpaired) electrons. The number of carbonyl (C=O) groups is 1. The van der Waals surface area contributed by atoms with E-state index in [0.29, 0.717) is 0 Å². The number of hydrogen-bond donors (Lipinski definition) is 1. The van der Waals surface area contributed by atoms with E-state index in [1.807, 2.05) is 12.2 Å². The van der Waals surface area contributed by atoms with Crippen molar-refractivity contribution in [3.8, 4) is 0 Å². The third kappa shape index (κ3) is 10.7. The van der Waals surface area contributed by atoms with Crippen molar-refractivity contribution >= 4 is 5.97 Å². The summed E-state index contributed by atoms with van der Waals surface area (Å²) in [5.41, 5.74) is 0. The summed E-state index contributed by atoms with van der Waals surface area (Å²) in [4.78, 5) is 10.1. The Bertz CT molecular complexity index is 224. The monoisotopic (exact) mass is 194 g/mol. The molecule has 0 saturated heterocycles. The van der Waals surface area contributed by atoms with E-state index in [9.17, 15) is 4.79 Å². The van der Waals surface area contributed by atoms with Crippen LogP contribution in [0.2, 0.25) is 0 Å². The SMILES string of the molecule is CC/C=C/C/C=C/C/C=C/CC(=O)O. The van der Waals surface area contributed by atoms with E-state index in [0.717, 1.165) is 19.3 Å². The Balaban J connectivity index is 3.39. The van der Waals surface area contributed by atoms with E-state index in [1.165, 1.54) is 0 Å². The van der Waals surface area contributed by atoms with E-state index in [4.69, 9.17) is 5.11 Å². The van der Waals surface area contributed by atoms with Crippen molar-refractivity contribution in [1.82, 2.24) is 0 Å². The Morgan fingerprint density at radius 2 is 1.50 bits per heavy atom. The molecule has 0 heterocycles. The minimum Gasteiger partial charge on any atom is -0.481 e. The maximum Gasteiger partial charge on any atom is 0.307 e. The first kappa shape index (κ1) is 12.7. The van der Waals surface area contributed by atoms with Gasteiger partial charge in [0.15, 0.2) is 0 Å². The Labute approximate surface area is 85.6 Å². The number of carboxylic acid groups (broad SMARTS) is 1. The van der Waals surface area contributed by atoms with Crippen LogP contribution in [0.25, 0.3) is 0 Å². The number of hydrogen-bond acceptors (Lipinski definition) is 1. The minimum atomic E-state index is -0.781. The molecule has 78 valence electrons. The summed E-state index contributed by atoms with van der Waals surface area (Å²) in [6.45, 7) is 2.11. The molecule has 0 spiro atoms. The van der Waals surface area contributed by atoms with Gasteiger partial charge in [-0.25, -0.2) is 0 Å². The number of rotatable bonds is 7. The molecule has 2 heteroatoms. The van der Waals surface area contributed by atoms with Crippen molar-refractivity contribution in [2.24, 2.45) is 0 Å². The second kappa shape index (κ2) is 9.78. The van der Waals surface area contributed by atoms with Gasteiger partial charge in [0.25, 0.3) is 0 Å². The molecular weight excluding hydrogens is 176 g/mol. The van der Waals surface area contributed by atoms with Gasteiger partial charge in [0.05, 0.1) is 6.42 Å². The highest BCUT2D eigenvalue weighted by Gasteiger charge is 1.86. The zero-order chi connectivity index (χ0) is 10.6. The van der Waals surface area contributed by atoms with Crippen LogP contribution in [0.15, 0.2) is 36.5 Å². The average Bonchev–Trinajstić information content (AvgIpc) is 2.15. The van der Waals surface area contributed by atoms with Crippen molar-refractivity contribution in [3.63, 3.8) is 0 Å². The van der Waals surface area contributed by atoms with E-state index in [1.54, 1.807) is 6.08 Å². The molecule has 0 rings (SSSR count). The van der Waals surface area contributed by atoms with Crippen LogP contribution in [0.1, 0.15) is 32.6 Å². The second-order valence-corrected chi connectivity index (χ2v) is 2.89. The van der Waals surface area contributed by atoms with E-state index >= 15 is 0 Å². The molecule has 0 atom stereocenters. The van der Waals surface area contributed by atoms with Gasteiger partial charge in [0, 0.05) is 0 Å². The summed E-state index contributed by atoms with van der Waals surface area (Å²) in [5, 5.41) is 8.33. The third-order valence-corrected chi connectivity index (χ3v) is 1.57. The molecule has 0 aliphatic heterocycles. The molecule has 0 aromatic rings. The van der Waals surface area contributed by atoms with Crippen molar-refractivity contribution in [2.45, 2.75) is 32.6 Å². The lowest BCUT2D eigenvalue weighted by Crippen LogP contribution is -1.89. The smallest absolute Gasteiger partial charge is 0.307 e. The summed E-state index contributed by atoms with van der Waals surface area (Å²) >= 11 is 0. The molecule has 0 amide bonds. The van der Waals surface area contributed by atoms with Gasteiger partial charge in [-0.15, -0.1) is 0 Å². The summed E-state index contributed by atoms with van der Waals surface area (Å²) in [7, 11) is 0. The van der Waals surface area contributed by atoms with E-state index in [-0.39, 0.29) is 6.42 Å². The molecule has 1 N–H and O–H groups in total. The molecular formula is C12H18O2. The lowest BCUT2D eigenvalue weighted by molar-refractivity contribution is -0.136. The van der Waals surface area contributed by atoms with Crippen LogP contribution in [-0.2, 0) is 4.79 Å². The van der Waals surface area contributed by atoms with Crippen LogP contribution in [0.5, 0.6) is 0 Å². The first-order chi connectivity index (χ1) is 6.77. The first-order valence-electron chi connectivity index (χ1n) is 4.94. The van der Waals surface area contributed by atoms with Gasteiger partial charge in [0.1, 0.15) is 0 Å². The van der Waals surface area contributed by atoms with Gasteiger partial charge in [-0.2, -0.15) is 0 Å². The molecule has 0 fully saturated rings. The zero-order valence-corrected chi connectivity index (χ0v) is 8.65. The Morgan fingerprint density at radius 1 is 1.00 bits per heavy atom.